The summed E-state index contributed by atoms with van der Waals surface area (Å²) in [4.78, 5) is 26.5. The summed E-state index contributed by atoms with van der Waals surface area (Å²) in [7, 11) is 0. The van der Waals surface area contributed by atoms with Crippen molar-refractivity contribution in [2.24, 2.45) is 0 Å². The Hall–Kier alpha value is -3.54. The molecule has 3 aromatic rings. The number of amides is 2. The van der Waals surface area contributed by atoms with Crippen LogP contribution >= 0.6 is 0 Å². The van der Waals surface area contributed by atoms with Crippen LogP contribution in [0.3, 0.4) is 0 Å². The Labute approximate surface area is 166 Å². The first-order valence-corrected chi connectivity index (χ1v) is 9.25. The Bertz CT molecular complexity index is 1080. The van der Waals surface area contributed by atoms with E-state index in [0.717, 1.165) is 16.8 Å². The molecule has 6 heteroatoms. The monoisotopic (exact) mass is 392 g/mol. The molecule has 4 rings (SSSR count). The molecule has 0 bridgehead atoms. The fraction of sp³-hybridized carbons (Fsp3) is 0.130. The van der Waals surface area contributed by atoms with E-state index in [2.05, 4.69) is 5.32 Å². The molecule has 0 saturated carbocycles. The number of carbonyl (C=O) groups excluding carboxylic acids is 2. The summed E-state index contributed by atoms with van der Waals surface area (Å²) in [6.07, 6.45) is 0.662. The maximum absolute atomic E-state index is 14.0. The quantitative estimate of drug-likeness (QED) is 0.727. The Kier molecular flexibility index (Phi) is 5.08. The number of rotatable bonds is 4. The highest BCUT2D eigenvalue weighted by Gasteiger charge is 2.27. The van der Waals surface area contributed by atoms with Crippen molar-refractivity contribution < 1.29 is 18.4 Å². The lowest BCUT2D eigenvalue weighted by Crippen LogP contribution is -2.29. The Morgan fingerprint density at radius 2 is 1.72 bits per heavy atom. The molecule has 0 saturated heterocycles. The normalized spacial score (nSPS) is 12.6. The van der Waals surface area contributed by atoms with Gasteiger partial charge in [0.05, 0.1) is 5.56 Å². The molecular weight excluding hydrogens is 374 g/mol. The molecule has 0 spiro atoms. The second kappa shape index (κ2) is 7.83. The van der Waals surface area contributed by atoms with Gasteiger partial charge in [-0.25, -0.2) is 8.78 Å². The third-order valence-electron chi connectivity index (χ3n) is 4.95. The predicted octanol–water partition coefficient (Wildman–Crippen LogP) is 4.10. The van der Waals surface area contributed by atoms with Gasteiger partial charge in [-0.1, -0.05) is 24.3 Å². The average Bonchev–Trinajstić information content (AvgIpc) is 3.15. The zero-order valence-electron chi connectivity index (χ0n) is 15.5. The molecule has 1 N–H and O–H groups in total. The molecule has 1 aliphatic rings. The summed E-state index contributed by atoms with van der Waals surface area (Å²) in [6.45, 7) is 0.790. The van der Waals surface area contributed by atoms with E-state index in [0.29, 0.717) is 25.1 Å². The number of anilines is 1. The van der Waals surface area contributed by atoms with Crippen LogP contribution in [0.5, 0.6) is 0 Å². The molecule has 0 atom stereocenters. The Balaban J connectivity index is 1.46. The van der Waals surface area contributed by atoms with Crippen LogP contribution in [0.25, 0.3) is 0 Å². The van der Waals surface area contributed by atoms with Gasteiger partial charge in [0.1, 0.15) is 11.6 Å². The number of hydrogen-bond acceptors (Lipinski definition) is 2. The van der Waals surface area contributed by atoms with E-state index < -0.39 is 11.6 Å². The van der Waals surface area contributed by atoms with Crippen LogP contribution < -0.4 is 10.2 Å². The minimum Gasteiger partial charge on any atom is -0.348 e. The summed E-state index contributed by atoms with van der Waals surface area (Å²) < 4.78 is 26.9. The van der Waals surface area contributed by atoms with Gasteiger partial charge in [0.25, 0.3) is 11.8 Å². The summed E-state index contributed by atoms with van der Waals surface area (Å²) in [6, 6.07) is 16.9. The zero-order chi connectivity index (χ0) is 20.4. The molecule has 1 heterocycles. The number of fused-ring (bicyclic) bond motifs is 1. The lowest BCUT2D eigenvalue weighted by Gasteiger charge is -2.18. The number of nitrogens with zero attached hydrogens (tertiary/aromatic N) is 1. The molecular formula is C23H18F2N2O2. The highest BCUT2D eigenvalue weighted by Crippen LogP contribution is 2.30. The van der Waals surface area contributed by atoms with Crippen molar-refractivity contribution in [2.75, 3.05) is 11.4 Å². The first kappa shape index (κ1) is 18.8. The van der Waals surface area contributed by atoms with Crippen LogP contribution in [0.4, 0.5) is 14.5 Å². The fourth-order valence-corrected chi connectivity index (χ4v) is 3.44. The molecule has 29 heavy (non-hydrogen) atoms. The minimum absolute atomic E-state index is 0.0518. The molecule has 0 unspecified atom stereocenters. The van der Waals surface area contributed by atoms with Gasteiger partial charge < -0.3 is 10.2 Å². The smallest absolute Gasteiger partial charge is 0.261 e. The SMILES string of the molecule is O=C(NCc1ccc2c(c1)CCN2C(=O)c1ccccc1F)c1ccc(F)cc1. The van der Waals surface area contributed by atoms with Crippen molar-refractivity contribution in [1.29, 1.82) is 0 Å². The number of nitrogens with one attached hydrogen (secondary N) is 1. The van der Waals surface area contributed by atoms with Crippen molar-refractivity contribution >= 4 is 17.5 Å². The summed E-state index contributed by atoms with van der Waals surface area (Å²) in [5.74, 6) is -1.58. The first-order valence-electron chi connectivity index (χ1n) is 9.25. The van der Waals surface area contributed by atoms with Crippen LogP contribution in [-0.2, 0) is 13.0 Å². The highest BCUT2D eigenvalue weighted by atomic mass is 19.1. The average molecular weight is 392 g/mol. The molecule has 4 nitrogen and oxygen atoms in total. The molecule has 146 valence electrons. The fourth-order valence-electron chi connectivity index (χ4n) is 3.44. The van der Waals surface area contributed by atoms with Crippen molar-refractivity contribution in [1.82, 2.24) is 5.32 Å². The summed E-state index contributed by atoms with van der Waals surface area (Å²) >= 11 is 0. The van der Waals surface area contributed by atoms with Gasteiger partial charge in [-0.15, -0.1) is 0 Å². The topological polar surface area (TPSA) is 49.4 Å². The zero-order valence-corrected chi connectivity index (χ0v) is 15.5. The van der Waals surface area contributed by atoms with E-state index in [-0.39, 0.29) is 17.4 Å². The van der Waals surface area contributed by atoms with Crippen LogP contribution in [-0.4, -0.2) is 18.4 Å². The van der Waals surface area contributed by atoms with Crippen LogP contribution in [0.2, 0.25) is 0 Å². The number of carbonyl (C=O) groups is 2. The number of benzene rings is 3. The molecule has 2 amide bonds. The van der Waals surface area contributed by atoms with Crippen LogP contribution in [0, 0.1) is 11.6 Å². The van der Waals surface area contributed by atoms with Gasteiger partial charge in [-0.05, 0) is 60.0 Å². The molecule has 0 radical (unpaired) electrons. The van der Waals surface area contributed by atoms with Gasteiger partial charge in [0.2, 0.25) is 0 Å². The molecule has 0 aromatic heterocycles. The highest BCUT2D eigenvalue weighted by molar-refractivity contribution is 6.07. The van der Waals surface area contributed by atoms with Crippen LogP contribution in [0.1, 0.15) is 31.8 Å². The summed E-state index contributed by atoms with van der Waals surface area (Å²) in [5.41, 5.74) is 3.06. The van der Waals surface area contributed by atoms with Gasteiger partial charge in [-0.2, -0.15) is 0 Å². The second-order valence-corrected chi connectivity index (χ2v) is 6.84. The van der Waals surface area contributed by atoms with E-state index in [4.69, 9.17) is 0 Å². The third kappa shape index (κ3) is 3.87. The maximum atomic E-state index is 14.0. The van der Waals surface area contributed by atoms with Gasteiger partial charge >= 0.3 is 0 Å². The molecule has 3 aromatic carbocycles. The first-order chi connectivity index (χ1) is 14.0. The molecule has 0 fully saturated rings. The van der Waals surface area contributed by atoms with Crippen molar-refractivity contribution in [3.8, 4) is 0 Å². The van der Waals surface area contributed by atoms with E-state index in [1.54, 1.807) is 17.0 Å². The number of halogens is 2. The van der Waals surface area contributed by atoms with Crippen molar-refractivity contribution in [3.63, 3.8) is 0 Å². The second-order valence-electron chi connectivity index (χ2n) is 6.84. The van der Waals surface area contributed by atoms with E-state index in [1.165, 1.54) is 36.4 Å². The summed E-state index contributed by atoms with van der Waals surface area (Å²) in [5, 5.41) is 2.80. The third-order valence-corrected chi connectivity index (χ3v) is 4.95. The van der Waals surface area contributed by atoms with Crippen molar-refractivity contribution in [2.45, 2.75) is 13.0 Å². The molecule has 0 aliphatic carbocycles. The maximum Gasteiger partial charge on any atom is 0.261 e. The Morgan fingerprint density at radius 1 is 0.966 bits per heavy atom. The predicted molar refractivity (Wildman–Crippen MR) is 106 cm³/mol. The standard InChI is InChI=1S/C23H18F2N2O2/c24-18-8-6-16(7-9-18)22(28)26-14-15-5-10-21-17(13-15)11-12-27(21)23(29)19-3-1-2-4-20(19)25/h1-10,13H,11-12,14H2,(H,26,28). The van der Waals surface area contributed by atoms with E-state index in [1.807, 2.05) is 18.2 Å². The number of hydrogen-bond donors (Lipinski definition) is 1. The van der Waals surface area contributed by atoms with Gasteiger partial charge in [-0.3, -0.25) is 9.59 Å². The van der Waals surface area contributed by atoms with E-state index >= 15 is 0 Å². The minimum atomic E-state index is -0.536. The largest absolute Gasteiger partial charge is 0.348 e. The van der Waals surface area contributed by atoms with Crippen molar-refractivity contribution in [3.05, 3.63) is 101 Å². The Morgan fingerprint density at radius 3 is 2.48 bits per heavy atom. The van der Waals surface area contributed by atoms with Gasteiger partial charge in [0.15, 0.2) is 0 Å². The van der Waals surface area contributed by atoms with E-state index in [9.17, 15) is 18.4 Å². The van der Waals surface area contributed by atoms with Gasteiger partial charge in [0, 0.05) is 24.3 Å². The lowest BCUT2D eigenvalue weighted by molar-refractivity contribution is 0.0949. The van der Waals surface area contributed by atoms with Crippen LogP contribution in [0.15, 0.2) is 66.7 Å². The lowest BCUT2D eigenvalue weighted by atomic mass is 10.1. The molecule has 1 aliphatic heterocycles.